The summed E-state index contributed by atoms with van der Waals surface area (Å²) in [5.41, 5.74) is 1.46. The first kappa shape index (κ1) is 12.1. The molecule has 0 amide bonds. The van der Waals surface area contributed by atoms with E-state index < -0.39 is 5.60 Å². The van der Waals surface area contributed by atoms with Gasteiger partial charge in [-0.1, -0.05) is 60.7 Å². The largest absolute Gasteiger partial charge is 0.357 e. The molecular weight excluding hydrogens is 252 g/mol. The minimum absolute atomic E-state index is 0.0561. The summed E-state index contributed by atoms with van der Waals surface area (Å²) < 4.78 is 18.1. The van der Waals surface area contributed by atoms with E-state index in [1.165, 1.54) is 0 Å². The van der Waals surface area contributed by atoms with Gasteiger partial charge in [-0.15, -0.1) is 0 Å². The molecule has 3 heteroatoms. The van der Waals surface area contributed by atoms with Gasteiger partial charge in [-0.3, -0.25) is 0 Å². The minimum Gasteiger partial charge on any atom is -0.357 e. The molecule has 2 atom stereocenters. The molecule has 0 saturated carbocycles. The Labute approximate surface area is 118 Å². The van der Waals surface area contributed by atoms with Crippen molar-refractivity contribution in [3.8, 4) is 0 Å². The van der Waals surface area contributed by atoms with E-state index in [1.54, 1.807) is 0 Å². The highest BCUT2D eigenvalue weighted by atomic mass is 16.8. The van der Waals surface area contributed by atoms with Crippen molar-refractivity contribution < 1.29 is 14.2 Å². The highest BCUT2D eigenvalue weighted by Crippen LogP contribution is 2.44. The molecule has 2 heterocycles. The van der Waals surface area contributed by atoms with Crippen molar-refractivity contribution in [3.63, 3.8) is 0 Å². The SMILES string of the molecule is c1ccc(C2(c3ccccc3)OCC3COC2O3)cc1. The standard InChI is InChI=1S/C17H16O3/c1-3-7-13(8-4-1)17(14-9-5-2-6-10-14)16-18-11-15(20-16)12-19-17/h1-10,15-16H,11-12H2. The highest BCUT2D eigenvalue weighted by molar-refractivity contribution is 5.38. The minimum atomic E-state index is -0.671. The Bertz CT molecular complexity index is 542. The maximum atomic E-state index is 6.27. The molecule has 0 spiro atoms. The van der Waals surface area contributed by atoms with Crippen LogP contribution >= 0.6 is 0 Å². The van der Waals surface area contributed by atoms with Crippen LogP contribution in [0.5, 0.6) is 0 Å². The lowest BCUT2D eigenvalue weighted by Gasteiger charge is -2.41. The number of benzene rings is 2. The summed E-state index contributed by atoms with van der Waals surface area (Å²) >= 11 is 0. The van der Waals surface area contributed by atoms with Crippen LogP contribution in [0.1, 0.15) is 11.1 Å². The normalized spacial score (nSPS) is 27.4. The van der Waals surface area contributed by atoms with Crippen LogP contribution in [0.25, 0.3) is 0 Å². The Kier molecular flexibility index (Phi) is 2.84. The molecule has 3 nitrogen and oxygen atoms in total. The molecule has 2 bridgehead atoms. The van der Waals surface area contributed by atoms with Gasteiger partial charge < -0.3 is 14.2 Å². The van der Waals surface area contributed by atoms with Gasteiger partial charge in [0.05, 0.1) is 13.2 Å². The van der Waals surface area contributed by atoms with Gasteiger partial charge in [-0.25, -0.2) is 0 Å². The Morgan fingerprint density at radius 1 is 0.800 bits per heavy atom. The lowest BCUT2D eigenvalue weighted by Crippen LogP contribution is -2.48. The first-order chi connectivity index (χ1) is 9.89. The highest BCUT2D eigenvalue weighted by Gasteiger charge is 2.53. The predicted octanol–water partition coefficient (Wildman–Crippen LogP) is 2.70. The van der Waals surface area contributed by atoms with Crippen molar-refractivity contribution in [1.82, 2.24) is 0 Å². The summed E-state index contributed by atoms with van der Waals surface area (Å²) in [5.74, 6) is 0. The van der Waals surface area contributed by atoms with E-state index in [-0.39, 0.29) is 12.4 Å². The van der Waals surface area contributed by atoms with Gasteiger partial charge >= 0.3 is 0 Å². The van der Waals surface area contributed by atoms with Gasteiger partial charge in [0, 0.05) is 0 Å². The molecule has 2 aromatic rings. The lowest BCUT2D eigenvalue weighted by molar-refractivity contribution is -0.241. The fraction of sp³-hybridized carbons (Fsp3) is 0.294. The molecule has 0 aromatic heterocycles. The van der Waals surface area contributed by atoms with Crippen LogP contribution in [-0.4, -0.2) is 25.6 Å². The number of hydrogen-bond acceptors (Lipinski definition) is 3. The van der Waals surface area contributed by atoms with Crippen LogP contribution in [0.3, 0.4) is 0 Å². The van der Waals surface area contributed by atoms with E-state index in [0.29, 0.717) is 13.2 Å². The summed E-state index contributed by atoms with van der Waals surface area (Å²) in [7, 11) is 0. The molecule has 0 aliphatic carbocycles. The molecule has 2 unspecified atom stereocenters. The summed E-state index contributed by atoms with van der Waals surface area (Å²) in [4.78, 5) is 0. The maximum absolute atomic E-state index is 6.27. The third-order valence-electron chi connectivity index (χ3n) is 3.98. The average Bonchev–Trinajstić information content (AvgIpc) is 2.93. The molecule has 2 aliphatic rings. The number of ether oxygens (including phenoxy) is 3. The second-order valence-electron chi connectivity index (χ2n) is 5.20. The van der Waals surface area contributed by atoms with Crippen LogP contribution < -0.4 is 0 Å². The Morgan fingerprint density at radius 2 is 1.40 bits per heavy atom. The monoisotopic (exact) mass is 268 g/mol. The number of hydrogen-bond donors (Lipinski definition) is 0. The average molecular weight is 268 g/mol. The van der Waals surface area contributed by atoms with Gasteiger partial charge in [-0.2, -0.15) is 0 Å². The second-order valence-corrected chi connectivity index (χ2v) is 5.20. The van der Waals surface area contributed by atoms with Gasteiger partial charge in [0.1, 0.15) is 6.10 Å². The summed E-state index contributed by atoms with van der Waals surface area (Å²) in [6, 6.07) is 20.4. The van der Waals surface area contributed by atoms with Gasteiger partial charge in [0.25, 0.3) is 0 Å². The first-order valence-electron chi connectivity index (χ1n) is 6.92. The van der Waals surface area contributed by atoms with Crippen LogP contribution in [0, 0.1) is 0 Å². The van der Waals surface area contributed by atoms with Crippen molar-refractivity contribution in [2.75, 3.05) is 13.2 Å². The zero-order valence-electron chi connectivity index (χ0n) is 11.1. The molecule has 0 radical (unpaired) electrons. The summed E-state index contributed by atoms with van der Waals surface area (Å²) in [5, 5.41) is 0. The Morgan fingerprint density at radius 3 is 2.00 bits per heavy atom. The van der Waals surface area contributed by atoms with Crippen LogP contribution in [0.15, 0.2) is 60.7 Å². The molecule has 102 valence electrons. The van der Waals surface area contributed by atoms with Crippen molar-refractivity contribution >= 4 is 0 Å². The molecule has 4 rings (SSSR count). The Balaban J connectivity index is 1.89. The van der Waals surface area contributed by atoms with Crippen molar-refractivity contribution in [3.05, 3.63) is 71.8 Å². The quantitative estimate of drug-likeness (QED) is 0.838. The second kappa shape index (κ2) is 4.70. The molecule has 2 fully saturated rings. The van der Waals surface area contributed by atoms with E-state index in [9.17, 15) is 0 Å². The number of rotatable bonds is 2. The van der Waals surface area contributed by atoms with Crippen molar-refractivity contribution in [1.29, 1.82) is 0 Å². The molecule has 2 saturated heterocycles. The van der Waals surface area contributed by atoms with Crippen molar-refractivity contribution in [2.24, 2.45) is 0 Å². The van der Waals surface area contributed by atoms with Crippen LogP contribution in [-0.2, 0) is 19.8 Å². The third kappa shape index (κ3) is 1.71. The zero-order valence-corrected chi connectivity index (χ0v) is 11.1. The predicted molar refractivity (Wildman–Crippen MR) is 74.2 cm³/mol. The number of fused-ring (bicyclic) bond motifs is 2. The van der Waals surface area contributed by atoms with Crippen molar-refractivity contribution in [2.45, 2.75) is 18.0 Å². The molecule has 0 N–H and O–H groups in total. The van der Waals surface area contributed by atoms with E-state index in [4.69, 9.17) is 14.2 Å². The van der Waals surface area contributed by atoms with Gasteiger partial charge in [0.15, 0.2) is 11.9 Å². The topological polar surface area (TPSA) is 27.7 Å². The molecule has 2 aromatic carbocycles. The molecule has 20 heavy (non-hydrogen) atoms. The lowest BCUT2D eigenvalue weighted by atomic mass is 9.85. The van der Waals surface area contributed by atoms with Crippen LogP contribution in [0.2, 0.25) is 0 Å². The van der Waals surface area contributed by atoms with Gasteiger partial charge in [0.2, 0.25) is 0 Å². The summed E-state index contributed by atoms with van der Waals surface area (Å²) in [6.07, 6.45) is -0.327. The maximum Gasteiger partial charge on any atom is 0.195 e. The van der Waals surface area contributed by atoms with Gasteiger partial charge in [-0.05, 0) is 11.1 Å². The Hall–Kier alpha value is -1.68. The fourth-order valence-electron chi connectivity index (χ4n) is 3.02. The van der Waals surface area contributed by atoms with E-state index >= 15 is 0 Å². The smallest absolute Gasteiger partial charge is 0.195 e. The van der Waals surface area contributed by atoms with E-state index in [1.807, 2.05) is 36.4 Å². The molecular formula is C17H16O3. The third-order valence-corrected chi connectivity index (χ3v) is 3.98. The van der Waals surface area contributed by atoms with E-state index in [2.05, 4.69) is 24.3 Å². The molecule has 2 aliphatic heterocycles. The first-order valence-corrected chi connectivity index (χ1v) is 6.92. The fourth-order valence-corrected chi connectivity index (χ4v) is 3.02. The van der Waals surface area contributed by atoms with Crippen LogP contribution in [0.4, 0.5) is 0 Å². The van der Waals surface area contributed by atoms with E-state index in [0.717, 1.165) is 11.1 Å². The zero-order chi connectivity index (χ0) is 13.4. The summed E-state index contributed by atoms with van der Waals surface area (Å²) in [6.45, 7) is 1.16.